The van der Waals surface area contributed by atoms with Crippen molar-refractivity contribution in [2.45, 2.75) is 432 Å². The number of rotatable bonds is 78. The van der Waals surface area contributed by atoms with Crippen LogP contribution in [-0.2, 0) is 65.4 Å². The molecular formula is C79H154O17P2. The van der Waals surface area contributed by atoms with Crippen molar-refractivity contribution in [1.82, 2.24) is 0 Å². The molecule has 3 unspecified atom stereocenters. The fourth-order valence-electron chi connectivity index (χ4n) is 12.2. The van der Waals surface area contributed by atoms with E-state index in [0.29, 0.717) is 25.7 Å². The lowest BCUT2D eigenvalue weighted by Crippen LogP contribution is -2.30. The summed E-state index contributed by atoms with van der Waals surface area (Å²) in [5.41, 5.74) is 0. The number of phosphoric ester groups is 2. The molecule has 19 heteroatoms. The number of carbonyl (C=O) groups excluding carboxylic acids is 4. The Morgan fingerprint density at radius 1 is 0.296 bits per heavy atom. The molecule has 0 radical (unpaired) electrons. The van der Waals surface area contributed by atoms with Crippen LogP contribution in [0, 0.1) is 11.8 Å². The van der Waals surface area contributed by atoms with Gasteiger partial charge in [0.25, 0.3) is 0 Å². The van der Waals surface area contributed by atoms with Crippen LogP contribution in [0.5, 0.6) is 0 Å². The number of phosphoric acid groups is 2. The summed E-state index contributed by atoms with van der Waals surface area (Å²) in [7, 11) is -9.91. The van der Waals surface area contributed by atoms with Gasteiger partial charge in [-0.1, -0.05) is 363 Å². The Morgan fingerprint density at radius 2 is 0.520 bits per heavy atom. The second-order valence-electron chi connectivity index (χ2n) is 29.2. The van der Waals surface area contributed by atoms with Gasteiger partial charge in [-0.2, -0.15) is 0 Å². The zero-order valence-corrected chi connectivity index (χ0v) is 65.9. The van der Waals surface area contributed by atoms with Gasteiger partial charge in [0.15, 0.2) is 12.2 Å². The van der Waals surface area contributed by atoms with Crippen molar-refractivity contribution in [1.29, 1.82) is 0 Å². The third-order valence-corrected chi connectivity index (χ3v) is 20.7. The minimum absolute atomic E-state index is 0.105. The fourth-order valence-corrected chi connectivity index (χ4v) is 13.7. The number of esters is 4. The maximum absolute atomic E-state index is 13.1. The molecule has 0 aromatic heterocycles. The first-order chi connectivity index (χ1) is 47.4. The number of carbonyl (C=O) groups is 4. The van der Waals surface area contributed by atoms with Crippen molar-refractivity contribution in [2.75, 3.05) is 39.6 Å². The van der Waals surface area contributed by atoms with Gasteiger partial charge in [0.05, 0.1) is 26.4 Å². The number of aliphatic hydroxyl groups is 1. The number of ether oxygens (including phenoxy) is 4. The van der Waals surface area contributed by atoms with E-state index in [1.54, 1.807) is 0 Å². The largest absolute Gasteiger partial charge is 0.472 e. The average molecular weight is 1440 g/mol. The van der Waals surface area contributed by atoms with E-state index >= 15 is 0 Å². The van der Waals surface area contributed by atoms with E-state index in [0.717, 1.165) is 102 Å². The maximum atomic E-state index is 13.1. The second kappa shape index (κ2) is 70.7. The Bertz CT molecular complexity index is 1890. The minimum atomic E-state index is -4.96. The van der Waals surface area contributed by atoms with Crippen LogP contribution in [0.3, 0.4) is 0 Å². The van der Waals surface area contributed by atoms with Crippen LogP contribution in [0.25, 0.3) is 0 Å². The van der Waals surface area contributed by atoms with E-state index in [-0.39, 0.29) is 25.7 Å². The van der Waals surface area contributed by atoms with E-state index in [2.05, 4.69) is 41.5 Å². The standard InChI is InChI=1S/C79H154O17P2/c1-7-10-12-14-16-18-20-21-22-23-24-25-26-27-28-29-30-33-38-45-51-57-63-78(83)95-74(67-90-77(82)62-56-50-44-37-34-31-32-35-41-47-53-59-71(4)5)69-93-97(85,86)91-65-73(80)66-92-98(87,88)94-70-75(68-89-76(81)61-55-49-43-36-19-17-15-13-11-8-2)96-79(84)64-58-52-46-40-39-42-48-54-60-72(6)9-3/h71-75,80H,7-70H2,1-6H3,(H,85,86)(H,87,88)/t72?,73-,74-,75-/m1/s1. The molecule has 582 valence electrons. The minimum Gasteiger partial charge on any atom is -0.462 e. The van der Waals surface area contributed by atoms with E-state index in [1.165, 1.54) is 231 Å². The van der Waals surface area contributed by atoms with Crippen molar-refractivity contribution in [3.05, 3.63) is 0 Å². The van der Waals surface area contributed by atoms with Crippen molar-refractivity contribution >= 4 is 39.5 Å². The highest BCUT2D eigenvalue weighted by Crippen LogP contribution is 2.45. The van der Waals surface area contributed by atoms with Crippen LogP contribution in [0.4, 0.5) is 0 Å². The molecule has 3 N–H and O–H groups in total. The van der Waals surface area contributed by atoms with E-state index in [4.69, 9.17) is 37.0 Å². The maximum Gasteiger partial charge on any atom is 0.472 e. The molecule has 98 heavy (non-hydrogen) atoms. The normalized spacial score (nSPS) is 14.2. The Labute approximate surface area is 600 Å². The molecule has 0 saturated heterocycles. The quantitative estimate of drug-likeness (QED) is 0.0222. The van der Waals surface area contributed by atoms with Crippen LogP contribution in [0.1, 0.15) is 414 Å². The molecule has 0 aliphatic rings. The molecular weight excluding hydrogens is 1280 g/mol. The molecule has 0 fully saturated rings. The lowest BCUT2D eigenvalue weighted by molar-refractivity contribution is -0.161. The van der Waals surface area contributed by atoms with Crippen LogP contribution < -0.4 is 0 Å². The predicted molar refractivity (Wildman–Crippen MR) is 400 cm³/mol. The lowest BCUT2D eigenvalue weighted by atomic mass is 9.99. The molecule has 0 aliphatic heterocycles. The third kappa shape index (κ3) is 71.1. The number of hydrogen-bond donors (Lipinski definition) is 3. The highest BCUT2D eigenvalue weighted by atomic mass is 31.2. The average Bonchev–Trinajstić information content (AvgIpc) is 1.47. The summed E-state index contributed by atoms with van der Waals surface area (Å²) in [6.07, 6.45) is 59.7. The van der Waals surface area contributed by atoms with Crippen molar-refractivity contribution < 1.29 is 80.2 Å². The van der Waals surface area contributed by atoms with E-state index < -0.39 is 97.5 Å². The van der Waals surface area contributed by atoms with Gasteiger partial charge in [-0.25, -0.2) is 9.13 Å². The third-order valence-electron chi connectivity index (χ3n) is 18.8. The van der Waals surface area contributed by atoms with Crippen LogP contribution >= 0.6 is 15.6 Å². The van der Waals surface area contributed by atoms with Gasteiger partial charge in [-0.15, -0.1) is 0 Å². The molecule has 0 saturated carbocycles. The zero-order chi connectivity index (χ0) is 72.1. The highest BCUT2D eigenvalue weighted by molar-refractivity contribution is 7.47. The molecule has 0 spiro atoms. The van der Waals surface area contributed by atoms with E-state index in [9.17, 15) is 43.2 Å². The number of unbranched alkanes of at least 4 members (excludes halogenated alkanes) is 47. The Kier molecular flexibility index (Phi) is 69.3. The zero-order valence-electron chi connectivity index (χ0n) is 64.1. The summed E-state index contributed by atoms with van der Waals surface area (Å²) in [6.45, 7) is 9.60. The SMILES string of the molecule is CCCCCCCCCCCCCCCCCCCCCCCCC(=O)O[C@H](COC(=O)CCCCCCCCCCCCCC(C)C)COP(=O)(O)OC[C@@H](O)COP(=O)(O)OC[C@@H](COC(=O)CCCCCCCCCCCC)OC(=O)CCCCCCCCCCC(C)CC. The molecule has 0 bridgehead atoms. The molecule has 0 aromatic rings. The van der Waals surface area contributed by atoms with Gasteiger partial charge in [0, 0.05) is 25.7 Å². The predicted octanol–water partition coefficient (Wildman–Crippen LogP) is 23.5. The molecule has 0 aromatic carbocycles. The van der Waals surface area contributed by atoms with Crippen molar-refractivity contribution in [3.8, 4) is 0 Å². The first-order valence-corrected chi connectivity index (χ1v) is 44.0. The Hall–Kier alpha value is -1.94. The Balaban J connectivity index is 5.20. The number of hydrogen-bond acceptors (Lipinski definition) is 15. The summed E-state index contributed by atoms with van der Waals surface area (Å²) in [5.74, 6) is -0.574. The first kappa shape index (κ1) is 96.1. The second-order valence-corrected chi connectivity index (χ2v) is 32.1. The summed E-state index contributed by atoms with van der Waals surface area (Å²) in [5, 5.41) is 10.6. The molecule has 17 nitrogen and oxygen atoms in total. The van der Waals surface area contributed by atoms with Crippen LogP contribution in [-0.4, -0.2) is 96.7 Å². The monoisotopic (exact) mass is 1440 g/mol. The summed E-state index contributed by atoms with van der Waals surface area (Å²) in [6, 6.07) is 0. The Morgan fingerprint density at radius 3 is 0.776 bits per heavy atom. The fraction of sp³-hybridized carbons (Fsp3) is 0.949. The lowest BCUT2D eigenvalue weighted by Gasteiger charge is -2.21. The summed E-state index contributed by atoms with van der Waals surface area (Å²) in [4.78, 5) is 72.9. The van der Waals surface area contributed by atoms with Crippen LogP contribution in [0.2, 0.25) is 0 Å². The topological polar surface area (TPSA) is 237 Å². The van der Waals surface area contributed by atoms with Gasteiger partial charge < -0.3 is 33.8 Å². The molecule has 0 heterocycles. The van der Waals surface area contributed by atoms with Crippen molar-refractivity contribution in [3.63, 3.8) is 0 Å². The van der Waals surface area contributed by atoms with Gasteiger partial charge in [0.2, 0.25) is 0 Å². The molecule has 0 rings (SSSR count). The van der Waals surface area contributed by atoms with Crippen molar-refractivity contribution in [2.24, 2.45) is 11.8 Å². The summed E-state index contributed by atoms with van der Waals surface area (Å²) < 4.78 is 68.6. The molecule has 0 aliphatic carbocycles. The van der Waals surface area contributed by atoms with Gasteiger partial charge in [-0.3, -0.25) is 37.3 Å². The van der Waals surface area contributed by atoms with E-state index in [1.807, 2.05) is 0 Å². The van der Waals surface area contributed by atoms with Gasteiger partial charge in [-0.05, 0) is 37.5 Å². The van der Waals surface area contributed by atoms with Crippen LogP contribution in [0.15, 0.2) is 0 Å². The summed E-state index contributed by atoms with van der Waals surface area (Å²) >= 11 is 0. The smallest absolute Gasteiger partial charge is 0.462 e. The number of aliphatic hydroxyl groups excluding tert-OH is 1. The first-order valence-electron chi connectivity index (χ1n) is 41.0. The van der Waals surface area contributed by atoms with Gasteiger partial charge in [0.1, 0.15) is 19.3 Å². The highest BCUT2D eigenvalue weighted by Gasteiger charge is 2.30. The molecule has 6 atom stereocenters. The molecule has 0 amide bonds. The van der Waals surface area contributed by atoms with Gasteiger partial charge >= 0.3 is 39.5 Å².